The van der Waals surface area contributed by atoms with E-state index >= 15 is 0 Å². The van der Waals surface area contributed by atoms with Gasteiger partial charge in [0.05, 0.1) is 27.8 Å². The second kappa shape index (κ2) is 6.47. The molecule has 0 aliphatic carbocycles. The van der Waals surface area contributed by atoms with Crippen molar-refractivity contribution < 1.29 is 0 Å². The van der Waals surface area contributed by atoms with Crippen LogP contribution in [0.15, 0.2) is 48.4 Å². The molecule has 1 aliphatic heterocycles. The van der Waals surface area contributed by atoms with Crippen molar-refractivity contribution in [3.63, 3.8) is 0 Å². The molecule has 8 heteroatoms. The maximum absolute atomic E-state index is 4.85. The smallest absolute Gasteiger partial charge is 0.156 e. The number of rotatable bonds is 3. The van der Waals surface area contributed by atoms with Gasteiger partial charge in [-0.1, -0.05) is 6.07 Å². The molecule has 130 valence electrons. The third-order valence-electron chi connectivity index (χ3n) is 4.51. The van der Waals surface area contributed by atoms with Crippen LogP contribution in [0.3, 0.4) is 0 Å². The van der Waals surface area contributed by atoms with E-state index in [9.17, 15) is 0 Å². The molecule has 0 atom stereocenters. The molecule has 0 bridgehead atoms. The Morgan fingerprint density at radius 2 is 1.92 bits per heavy atom. The molecule has 4 aromatic rings. The highest BCUT2D eigenvalue weighted by Crippen LogP contribution is 2.26. The summed E-state index contributed by atoms with van der Waals surface area (Å²) in [7, 11) is 0. The Hall–Kier alpha value is -2.84. The highest BCUT2D eigenvalue weighted by Gasteiger charge is 2.14. The number of hydrogen-bond donors (Lipinski definition) is 1. The number of piperazine rings is 1. The molecule has 1 saturated heterocycles. The quantitative estimate of drug-likeness (QED) is 0.602. The fraction of sp³-hybridized carbons (Fsp3) is 0.222. The monoisotopic (exact) mass is 363 g/mol. The highest BCUT2D eigenvalue weighted by molar-refractivity contribution is 7.13. The van der Waals surface area contributed by atoms with Crippen LogP contribution in [0.4, 0.5) is 5.82 Å². The van der Waals surface area contributed by atoms with Crippen molar-refractivity contribution in [2.45, 2.75) is 0 Å². The standard InChI is InChI=1S/C18H17N7S/c1-2-17(24-6-4-19-5-7-24)23-18(3-1)25-15-8-14(16-11-20-12-26-16)21-9-13(15)10-22-25/h1-3,8-12,19H,4-7H2. The van der Waals surface area contributed by atoms with Crippen LogP contribution in [-0.2, 0) is 0 Å². The van der Waals surface area contributed by atoms with E-state index in [1.165, 1.54) is 0 Å². The normalized spacial score (nSPS) is 14.8. The van der Waals surface area contributed by atoms with Crippen LogP contribution in [-0.4, -0.2) is 50.9 Å². The molecule has 4 aromatic heterocycles. The zero-order valence-electron chi connectivity index (χ0n) is 14.0. The predicted molar refractivity (Wildman–Crippen MR) is 103 cm³/mol. The minimum absolute atomic E-state index is 0.817. The van der Waals surface area contributed by atoms with Crippen molar-refractivity contribution in [3.05, 3.63) is 48.4 Å². The second-order valence-electron chi connectivity index (χ2n) is 6.14. The fourth-order valence-corrected chi connectivity index (χ4v) is 3.77. The lowest BCUT2D eigenvalue weighted by Gasteiger charge is -2.28. The van der Waals surface area contributed by atoms with Gasteiger partial charge in [0, 0.05) is 44.0 Å². The van der Waals surface area contributed by atoms with Gasteiger partial charge in [-0.05, 0) is 18.2 Å². The molecule has 1 fully saturated rings. The van der Waals surface area contributed by atoms with Crippen LogP contribution in [0.2, 0.25) is 0 Å². The number of hydrogen-bond acceptors (Lipinski definition) is 7. The van der Waals surface area contributed by atoms with Crippen molar-refractivity contribution in [3.8, 4) is 16.4 Å². The maximum Gasteiger partial charge on any atom is 0.156 e. The third-order valence-corrected chi connectivity index (χ3v) is 5.31. The summed E-state index contributed by atoms with van der Waals surface area (Å²) in [6.07, 6.45) is 5.52. The van der Waals surface area contributed by atoms with E-state index in [1.807, 2.05) is 40.9 Å². The summed E-state index contributed by atoms with van der Waals surface area (Å²) in [5.74, 6) is 1.81. The van der Waals surface area contributed by atoms with Crippen LogP contribution >= 0.6 is 11.3 Å². The first-order valence-corrected chi connectivity index (χ1v) is 9.42. The molecule has 0 aromatic carbocycles. The van der Waals surface area contributed by atoms with E-state index in [-0.39, 0.29) is 0 Å². The molecule has 0 radical (unpaired) electrons. The van der Waals surface area contributed by atoms with Gasteiger partial charge in [-0.3, -0.25) is 9.97 Å². The van der Waals surface area contributed by atoms with Gasteiger partial charge in [0.15, 0.2) is 5.82 Å². The van der Waals surface area contributed by atoms with Gasteiger partial charge in [-0.25, -0.2) is 9.67 Å². The molecule has 5 rings (SSSR count). The van der Waals surface area contributed by atoms with Gasteiger partial charge in [0.2, 0.25) is 0 Å². The Kier molecular flexibility index (Phi) is 3.84. The number of nitrogens with one attached hydrogen (secondary N) is 1. The van der Waals surface area contributed by atoms with Gasteiger partial charge >= 0.3 is 0 Å². The molecular weight excluding hydrogens is 346 g/mol. The third kappa shape index (κ3) is 2.73. The Balaban J connectivity index is 1.57. The molecule has 0 saturated carbocycles. The molecule has 7 nitrogen and oxygen atoms in total. The summed E-state index contributed by atoms with van der Waals surface area (Å²) >= 11 is 1.58. The number of anilines is 1. The summed E-state index contributed by atoms with van der Waals surface area (Å²) in [4.78, 5) is 16.9. The molecule has 0 spiro atoms. The van der Waals surface area contributed by atoms with Crippen LogP contribution in [0.1, 0.15) is 0 Å². The first kappa shape index (κ1) is 15.4. The van der Waals surface area contributed by atoms with Crippen molar-refractivity contribution >= 4 is 28.1 Å². The van der Waals surface area contributed by atoms with Crippen molar-refractivity contribution in [2.24, 2.45) is 0 Å². The molecule has 26 heavy (non-hydrogen) atoms. The fourth-order valence-electron chi connectivity index (χ4n) is 3.18. The summed E-state index contributed by atoms with van der Waals surface area (Å²) in [6, 6.07) is 8.14. The van der Waals surface area contributed by atoms with Crippen molar-refractivity contribution in [2.75, 3.05) is 31.1 Å². The van der Waals surface area contributed by atoms with E-state index in [4.69, 9.17) is 4.98 Å². The minimum atomic E-state index is 0.817. The lowest BCUT2D eigenvalue weighted by molar-refractivity contribution is 0.584. The summed E-state index contributed by atoms with van der Waals surface area (Å²) < 4.78 is 1.88. The lowest BCUT2D eigenvalue weighted by atomic mass is 10.2. The van der Waals surface area contributed by atoms with Crippen molar-refractivity contribution in [1.29, 1.82) is 0 Å². The van der Waals surface area contributed by atoms with E-state index in [0.29, 0.717) is 0 Å². The molecular formula is C18H17N7S. The second-order valence-corrected chi connectivity index (χ2v) is 7.03. The molecule has 1 N–H and O–H groups in total. The van der Waals surface area contributed by atoms with E-state index in [1.54, 1.807) is 11.3 Å². The summed E-state index contributed by atoms with van der Waals surface area (Å²) in [5, 5.41) is 8.91. The van der Waals surface area contributed by atoms with Crippen LogP contribution in [0.5, 0.6) is 0 Å². The number of aromatic nitrogens is 5. The molecule has 0 unspecified atom stereocenters. The molecule has 1 aliphatic rings. The predicted octanol–water partition coefficient (Wildman–Crippen LogP) is 2.35. The van der Waals surface area contributed by atoms with Crippen LogP contribution < -0.4 is 10.2 Å². The van der Waals surface area contributed by atoms with E-state index in [2.05, 4.69) is 37.4 Å². The maximum atomic E-state index is 4.85. The first-order valence-electron chi connectivity index (χ1n) is 8.54. The van der Waals surface area contributed by atoms with E-state index < -0.39 is 0 Å². The Morgan fingerprint density at radius 3 is 2.77 bits per heavy atom. The SMILES string of the molecule is c1cc(N2CCNCC2)nc(-n2ncc3cnc(-c4cncs4)cc32)c1. The van der Waals surface area contributed by atoms with Gasteiger partial charge in [-0.15, -0.1) is 11.3 Å². The van der Waals surface area contributed by atoms with Gasteiger partial charge in [-0.2, -0.15) is 5.10 Å². The van der Waals surface area contributed by atoms with E-state index in [0.717, 1.165) is 59.3 Å². The van der Waals surface area contributed by atoms with Gasteiger partial charge < -0.3 is 10.2 Å². The minimum Gasteiger partial charge on any atom is -0.354 e. The average Bonchev–Trinajstić information content (AvgIpc) is 3.38. The Bertz CT molecular complexity index is 1030. The lowest BCUT2D eigenvalue weighted by Crippen LogP contribution is -2.43. The number of fused-ring (bicyclic) bond motifs is 1. The van der Waals surface area contributed by atoms with Crippen molar-refractivity contribution in [1.82, 2.24) is 30.0 Å². The van der Waals surface area contributed by atoms with Gasteiger partial charge in [0.25, 0.3) is 0 Å². The van der Waals surface area contributed by atoms with Crippen LogP contribution in [0, 0.1) is 0 Å². The topological polar surface area (TPSA) is 71.8 Å². The number of pyridine rings is 2. The van der Waals surface area contributed by atoms with Gasteiger partial charge in [0.1, 0.15) is 5.82 Å². The van der Waals surface area contributed by atoms with Crippen LogP contribution in [0.25, 0.3) is 27.3 Å². The number of nitrogens with zero attached hydrogens (tertiary/aromatic N) is 6. The zero-order valence-corrected chi connectivity index (χ0v) is 14.9. The zero-order chi connectivity index (χ0) is 17.3. The number of thiazole rings is 1. The first-order chi connectivity index (χ1) is 12.9. The molecule has 0 amide bonds. The average molecular weight is 363 g/mol. The Labute approximate surface area is 154 Å². The Morgan fingerprint density at radius 1 is 1.04 bits per heavy atom. The molecule has 5 heterocycles. The highest BCUT2D eigenvalue weighted by atomic mass is 32.1. The summed E-state index contributed by atoms with van der Waals surface area (Å²) in [5.41, 5.74) is 3.71. The summed E-state index contributed by atoms with van der Waals surface area (Å²) in [6.45, 7) is 3.91. The largest absolute Gasteiger partial charge is 0.354 e.